The monoisotopic (exact) mass is 804 g/mol. The van der Waals surface area contributed by atoms with Gasteiger partial charge in [-0.15, -0.1) is 0 Å². The van der Waals surface area contributed by atoms with Gasteiger partial charge in [-0.25, -0.2) is 0 Å². The highest BCUT2D eigenvalue weighted by Gasteiger charge is 2.24. The molecule has 0 aromatic rings. The molecule has 1 amide bonds. The number of unbranched alkanes of at least 4 members (excludes halogenated alkanes) is 30. The summed E-state index contributed by atoms with van der Waals surface area (Å²) in [6.45, 7) is 6.46. The van der Waals surface area contributed by atoms with Crippen LogP contribution >= 0.6 is 0 Å². The maximum Gasteiger partial charge on any atom is 0.306 e. The van der Waals surface area contributed by atoms with Gasteiger partial charge in [-0.05, 0) is 44.9 Å². The number of carbonyl (C=O) groups is 2. The Hall–Kier alpha value is -1.66. The van der Waals surface area contributed by atoms with E-state index in [0.29, 0.717) is 19.3 Å². The summed E-state index contributed by atoms with van der Waals surface area (Å²) in [5.74, 6) is -0.510. The van der Waals surface area contributed by atoms with E-state index in [0.717, 1.165) is 57.8 Å². The predicted molar refractivity (Wildman–Crippen MR) is 246 cm³/mol. The quantitative estimate of drug-likeness (QED) is 0.0324. The van der Waals surface area contributed by atoms with Crippen molar-refractivity contribution in [3.8, 4) is 0 Å². The normalized spacial score (nSPS) is 13.4. The number of esters is 1. The first kappa shape index (κ1) is 55.3. The Bertz CT molecular complexity index is 904. The maximum atomic E-state index is 13.1. The zero-order valence-electron chi connectivity index (χ0n) is 38.2. The van der Waals surface area contributed by atoms with Gasteiger partial charge in [0.05, 0.1) is 25.2 Å². The number of allylic oxidation sites excluding steroid dienone is 4. The number of aliphatic hydroxyl groups is 2. The van der Waals surface area contributed by atoms with E-state index < -0.39 is 18.2 Å². The second-order valence-corrected chi connectivity index (χ2v) is 17.3. The summed E-state index contributed by atoms with van der Waals surface area (Å²) >= 11 is 0. The molecule has 57 heavy (non-hydrogen) atoms. The first-order chi connectivity index (χ1) is 28.0. The standard InChI is InChI=1S/C51H97NO5/c1-4-7-10-13-16-19-22-24-26-28-30-33-36-39-42-47(57-51(56)44-41-38-35-32-29-27-25-23-20-17-14-11-8-5-2)45-50(55)52-48(46-53)49(54)43-40-37-34-31-21-18-15-12-9-6-3/h26,28,30,33,47-49,53-54H,4-25,27,29,31-32,34-46H2,1-3H3,(H,52,55)/b28-26+,33-30+. The Morgan fingerprint density at radius 2 is 0.895 bits per heavy atom. The lowest BCUT2D eigenvalue weighted by atomic mass is 10.0. The van der Waals surface area contributed by atoms with Crippen molar-refractivity contribution < 1.29 is 24.5 Å². The van der Waals surface area contributed by atoms with Crippen molar-refractivity contribution in [1.82, 2.24) is 5.32 Å². The molecule has 0 spiro atoms. The van der Waals surface area contributed by atoms with Gasteiger partial charge in [0, 0.05) is 6.42 Å². The average Bonchev–Trinajstić information content (AvgIpc) is 3.20. The van der Waals surface area contributed by atoms with Gasteiger partial charge in [0.2, 0.25) is 5.91 Å². The summed E-state index contributed by atoms with van der Waals surface area (Å²) in [7, 11) is 0. The molecule has 0 rings (SSSR count). The average molecular weight is 804 g/mol. The number of rotatable bonds is 45. The smallest absolute Gasteiger partial charge is 0.306 e. The van der Waals surface area contributed by atoms with Gasteiger partial charge in [-0.2, -0.15) is 0 Å². The van der Waals surface area contributed by atoms with Gasteiger partial charge in [-0.3, -0.25) is 9.59 Å². The molecule has 6 heteroatoms. The third-order valence-corrected chi connectivity index (χ3v) is 11.6. The summed E-state index contributed by atoms with van der Waals surface area (Å²) in [6.07, 6.45) is 51.0. The van der Waals surface area contributed by atoms with Crippen LogP contribution in [-0.2, 0) is 14.3 Å². The van der Waals surface area contributed by atoms with Gasteiger partial charge in [-0.1, -0.05) is 231 Å². The van der Waals surface area contributed by atoms with E-state index in [9.17, 15) is 19.8 Å². The Kier molecular flexibility index (Phi) is 44.1. The molecule has 3 unspecified atom stereocenters. The number of amides is 1. The fraction of sp³-hybridized carbons (Fsp3) is 0.882. The van der Waals surface area contributed by atoms with Crippen LogP contribution in [0.15, 0.2) is 24.3 Å². The Morgan fingerprint density at radius 1 is 0.509 bits per heavy atom. The van der Waals surface area contributed by atoms with E-state index >= 15 is 0 Å². The molecule has 0 aromatic carbocycles. The molecule has 0 fully saturated rings. The zero-order valence-corrected chi connectivity index (χ0v) is 38.2. The van der Waals surface area contributed by atoms with Crippen molar-refractivity contribution in [3.05, 3.63) is 24.3 Å². The molecule has 0 aliphatic heterocycles. The molecule has 0 aliphatic carbocycles. The van der Waals surface area contributed by atoms with Crippen LogP contribution in [0, 0.1) is 0 Å². The second kappa shape index (κ2) is 45.4. The number of aliphatic hydroxyl groups excluding tert-OH is 2. The molecule has 3 atom stereocenters. The molecule has 0 saturated heterocycles. The summed E-state index contributed by atoms with van der Waals surface area (Å²) in [5, 5.41) is 23.7. The molecule has 0 aromatic heterocycles. The summed E-state index contributed by atoms with van der Waals surface area (Å²) < 4.78 is 5.90. The predicted octanol–water partition coefficient (Wildman–Crippen LogP) is 14.7. The van der Waals surface area contributed by atoms with Crippen molar-refractivity contribution in [2.45, 2.75) is 283 Å². The molecular formula is C51H97NO5. The summed E-state index contributed by atoms with van der Waals surface area (Å²) in [5.41, 5.74) is 0. The Morgan fingerprint density at radius 3 is 1.33 bits per heavy atom. The fourth-order valence-electron chi connectivity index (χ4n) is 7.72. The topological polar surface area (TPSA) is 95.9 Å². The molecule has 6 nitrogen and oxygen atoms in total. The minimum absolute atomic E-state index is 0.0496. The van der Waals surface area contributed by atoms with Crippen molar-refractivity contribution >= 4 is 11.9 Å². The van der Waals surface area contributed by atoms with E-state index in [-0.39, 0.29) is 24.9 Å². The number of ether oxygens (including phenoxy) is 1. The number of hydrogen-bond acceptors (Lipinski definition) is 5. The van der Waals surface area contributed by atoms with Crippen molar-refractivity contribution in [2.75, 3.05) is 6.61 Å². The Labute approximate surface area is 354 Å². The lowest BCUT2D eigenvalue weighted by Gasteiger charge is -2.24. The molecule has 0 radical (unpaired) electrons. The van der Waals surface area contributed by atoms with Crippen molar-refractivity contribution in [2.24, 2.45) is 0 Å². The van der Waals surface area contributed by atoms with Crippen LogP contribution in [0.5, 0.6) is 0 Å². The van der Waals surface area contributed by atoms with Gasteiger partial charge in [0.1, 0.15) is 6.10 Å². The third kappa shape index (κ3) is 40.9. The van der Waals surface area contributed by atoms with Crippen LogP contribution in [0.25, 0.3) is 0 Å². The number of hydrogen-bond donors (Lipinski definition) is 3. The van der Waals surface area contributed by atoms with Gasteiger partial charge < -0.3 is 20.3 Å². The van der Waals surface area contributed by atoms with Crippen molar-refractivity contribution in [3.63, 3.8) is 0 Å². The molecular weight excluding hydrogens is 707 g/mol. The van der Waals surface area contributed by atoms with E-state index in [2.05, 4.69) is 50.4 Å². The van der Waals surface area contributed by atoms with E-state index in [1.165, 1.54) is 161 Å². The highest BCUT2D eigenvalue weighted by atomic mass is 16.5. The van der Waals surface area contributed by atoms with Crippen molar-refractivity contribution in [1.29, 1.82) is 0 Å². The minimum atomic E-state index is -0.793. The zero-order chi connectivity index (χ0) is 41.7. The van der Waals surface area contributed by atoms with Crippen LogP contribution < -0.4 is 5.32 Å². The SMILES string of the molecule is CCCCCCCCC/C=C/C=C/CCCC(CC(=O)NC(CO)C(O)CCCCCCCCCCCC)OC(=O)CCCCCCCCCCCCCCCC. The maximum absolute atomic E-state index is 13.1. The highest BCUT2D eigenvalue weighted by molar-refractivity contribution is 5.77. The first-order valence-corrected chi connectivity index (χ1v) is 25.1. The van der Waals surface area contributed by atoms with Gasteiger partial charge in [0.15, 0.2) is 0 Å². The molecule has 336 valence electrons. The third-order valence-electron chi connectivity index (χ3n) is 11.6. The van der Waals surface area contributed by atoms with E-state index in [1.54, 1.807) is 0 Å². The number of nitrogens with one attached hydrogen (secondary N) is 1. The van der Waals surface area contributed by atoms with Crippen LogP contribution in [-0.4, -0.2) is 46.9 Å². The van der Waals surface area contributed by atoms with Gasteiger partial charge >= 0.3 is 5.97 Å². The van der Waals surface area contributed by atoms with Gasteiger partial charge in [0.25, 0.3) is 0 Å². The van der Waals surface area contributed by atoms with E-state index in [4.69, 9.17) is 4.74 Å². The molecule has 0 saturated carbocycles. The van der Waals surface area contributed by atoms with Crippen LogP contribution in [0.3, 0.4) is 0 Å². The molecule has 0 bridgehead atoms. The molecule has 0 heterocycles. The summed E-state index contributed by atoms with van der Waals surface area (Å²) in [6, 6.07) is -0.709. The van der Waals surface area contributed by atoms with E-state index in [1.807, 2.05) is 0 Å². The van der Waals surface area contributed by atoms with Crippen LogP contribution in [0.2, 0.25) is 0 Å². The van der Waals surface area contributed by atoms with Crippen LogP contribution in [0.1, 0.15) is 265 Å². The van der Waals surface area contributed by atoms with Crippen LogP contribution in [0.4, 0.5) is 0 Å². The fourth-order valence-corrected chi connectivity index (χ4v) is 7.72. The summed E-state index contributed by atoms with van der Waals surface area (Å²) in [4.78, 5) is 26.1. The largest absolute Gasteiger partial charge is 0.462 e. The molecule has 0 aliphatic rings. The lowest BCUT2D eigenvalue weighted by Crippen LogP contribution is -2.46. The minimum Gasteiger partial charge on any atom is -0.462 e. The molecule has 3 N–H and O–H groups in total. The Balaban J connectivity index is 4.63. The first-order valence-electron chi connectivity index (χ1n) is 25.1. The highest BCUT2D eigenvalue weighted by Crippen LogP contribution is 2.17. The number of carbonyl (C=O) groups excluding carboxylic acids is 2. The lowest BCUT2D eigenvalue weighted by molar-refractivity contribution is -0.151. The second-order valence-electron chi connectivity index (χ2n) is 17.3.